The normalized spacial score (nSPS) is 22.7. The summed E-state index contributed by atoms with van der Waals surface area (Å²) in [5.41, 5.74) is -1.71. The van der Waals surface area contributed by atoms with Crippen LogP contribution in [0.1, 0.15) is 33.9 Å². The van der Waals surface area contributed by atoms with Crippen LogP contribution in [0.2, 0.25) is 0 Å². The number of aromatic amines is 1. The molecule has 2 rings (SSSR count). The van der Waals surface area contributed by atoms with E-state index in [0.29, 0.717) is 0 Å². The number of nitrogens with zero attached hydrogens (tertiary/aromatic N) is 2. The molecule has 1 fully saturated rings. The van der Waals surface area contributed by atoms with Gasteiger partial charge in [0.2, 0.25) is 0 Å². The van der Waals surface area contributed by atoms with Crippen molar-refractivity contribution in [3.05, 3.63) is 27.0 Å². The van der Waals surface area contributed by atoms with Crippen LogP contribution < -0.4 is 16.1 Å². The number of carbonyl (C=O) groups excluding carboxylic acids is 4. The first-order valence-corrected chi connectivity index (χ1v) is 12.5. The molecule has 0 spiro atoms. The topological polar surface area (TPSA) is 173 Å². The molecule has 1 saturated heterocycles. The summed E-state index contributed by atoms with van der Waals surface area (Å²) in [4.78, 5) is 76.8. The summed E-state index contributed by atoms with van der Waals surface area (Å²) in [6.07, 6.45) is -6.11. The summed E-state index contributed by atoms with van der Waals surface area (Å²) in [6, 6.07) is 0. The van der Waals surface area contributed by atoms with E-state index in [-0.39, 0.29) is 30.5 Å². The van der Waals surface area contributed by atoms with E-state index in [0.717, 1.165) is 38.5 Å². The molecule has 1 aliphatic heterocycles. The molecule has 1 N–H and O–H groups in total. The quantitative estimate of drug-likeness (QED) is 0.212. The van der Waals surface area contributed by atoms with Crippen LogP contribution in [0.3, 0.4) is 0 Å². The van der Waals surface area contributed by atoms with Crippen molar-refractivity contribution in [2.45, 2.75) is 58.3 Å². The molecule has 2 heterocycles. The van der Waals surface area contributed by atoms with Gasteiger partial charge in [-0.25, -0.2) is 4.79 Å². The number of ether oxygens (including phenoxy) is 5. The van der Waals surface area contributed by atoms with Crippen molar-refractivity contribution in [2.75, 3.05) is 36.4 Å². The third-order valence-corrected chi connectivity index (χ3v) is 5.58. The number of alkyl halides is 2. The van der Waals surface area contributed by atoms with E-state index in [2.05, 4.69) is 4.98 Å². The molecule has 1 aromatic heterocycles. The molecule has 0 bridgehead atoms. The van der Waals surface area contributed by atoms with E-state index in [1.165, 1.54) is 4.90 Å². The minimum Gasteiger partial charge on any atom is -0.463 e. The maximum absolute atomic E-state index is 13.0. The molecule has 5 atom stereocenters. The molecule has 16 heteroatoms. The van der Waals surface area contributed by atoms with Gasteiger partial charge < -0.3 is 28.6 Å². The largest absolute Gasteiger partial charge is 0.463 e. The van der Waals surface area contributed by atoms with E-state index >= 15 is 0 Å². The Labute approximate surface area is 227 Å². The molecule has 0 unspecified atom stereocenters. The van der Waals surface area contributed by atoms with Crippen molar-refractivity contribution in [1.29, 1.82) is 0 Å². The van der Waals surface area contributed by atoms with Gasteiger partial charge in [0.15, 0.2) is 24.5 Å². The average molecular weight is 582 g/mol. The van der Waals surface area contributed by atoms with Crippen LogP contribution in [-0.4, -0.2) is 89.3 Å². The van der Waals surface area contributed by atoms with Crippen LogP contribution in [0.25, 0.3) is 0 Å². The predicted molar refractivity (Wildman–Crippen MR) is 132 cm³/mol. The Kier molecular flexibility index (Phi) is 11.6. The van der Waals surface area contributed by atoms with Gasteiger partial charge in [0, 0.05) is 58.7 Å². The standard InChI is InChI=1S/C22H29Cl2N3O11/c1-11(28)34-10-16-17(35-12(2)29)18(36-13(3)30)19(37-14(4)31)21(38-16)27-9-15(20(32)25-22(27)33)26(7-5-23)8-6-24/h9,16-19,21H,5-8,10H2,1-4H3,(H,25,32,33)/t16-,17-,18+,19+,21-/m1/s1. The zero-order chi connectivity index (χ0) is 28.6. The summed E-state index contributed by atoms with van der Waals surface area (Å²) in [5.74, 6) is -2.90. The molecule has 1 aliphatic rings. The van der Waals surface area contributed by atoms with Crippen LogP contribution in [-0.2, 0) is 42.9 Å². The lowest BCUT2D eigenvalue weighted by Crippen LogP contribution is -2.61. The van der Waals surface area contributed by atoms with E-state index in [4.69, 9.17) is 46.9 Å². The van der Waals surface area contributed by atoms with Gasteiger partial charge in [0.1, 0.15) is 18.4 Å². The van der Waals surface area contributed by atoms with Crippen LogP contribution in [0.4, 0.5) is 5.69 Å². The number of nitrogens with one attached hydrogen (secondary N) is 1. The van der Waals surface area contributed by atoms with Gasteiger partial charge in [0.25, 0.3) is 5.56 Å². The molecule has 0 radical (unpaired) electrons. The van der Waals surface area contributed by atoms with Gasteiger partial charge >= 0.3 is 29.6 Å². The van der Waals surface area contributed by atoms with Crippen molar-refractivity contribution in [3.63, 3.8) is 0 Å². The predicted octanol–water partition coefficient (Wildman–Crippen LogP) is 0.0762. The number of rotatable bonds is 11. The first-order valence-electron chi connectivity index (χ1n) is 11.4. The maximum Gasteiger partial charge on any atom is 0.330 e. The van der Waals surface area contributed by atoms with Gasteiger partial charge in [-0.05, 0) is 0 Å². The molecule has 0 aliphatic carbocycles. The van der Waals surface area contributed by atoms with E-state index in [1.54, 1.807) is 0 Å². The number of halogens is 2. The molecule has 1 aromatic rings. The van der Waals surface area contributed by atoms with Gasteiger partial charge in [-0.15, -0.1) is 23.2 Å². The van der Waals surface area contributed by atoms with Crippen molar-refractivity contribution >= 4 is 52.8 Å². The Morgan fingerprint density at radius 2 is 1.42 bits per heavy atom. The Morgan fingerprint density at radius 1 is 0.895 bits per heavy atom. The molecule has 14 nitrogen and oxygen atoms in total. The number of aromatic nitrogens is 2. The Balaban J connectivity index is 2.73. The molecule has 0 saturated carbocycles. The molecule has 212 valence electrons. The molecule has 38 heavy (non-hydrogen) atoms. The summed E-state index contributed by atoms with van der Waals surface area (Å²) in [5, 5.41) is 0. The van der Waals surface area contributed by atoms with Crippen LogP contribution in [0.15, 0.2) is 15.8 Å². The Morgan fingerprint density at radius 3 is 1.92 bits per heavy atom. The summed E-state index contributed by atoms with van der Waals surface area (Å²) in [7, 11) is 0. The highest BCUT2D eigenvalue weighted by atomic mass is 35.5. The van der Waals surface area contributed by atoms with Crippen molar-refractivity contribution in [1.82, 2.24) is 9.55 Å². The second-order valence-corrected chi connectivity index (χ2v) is 8.89. The van der Waals surface area contributed by atoms with Gasteiger partial charge in [-0.1, -0.05) is 0 Å². The zero-order valence-electron chi connectivity index (χ0n) is 21.1. The monoisotopic (exact) mass is 581 g/mol. The third kappa shape index (κ3) is 8.20. The highest BCUT2D eigenvalue weighted by Crippen LogP contribution is 2.34. The fraction of sp³-hybridized carbons (Fsp3) is 0.636. The smallest absolute Gasteiger partial charge is 0.330 e. The number of esters is 4. The average Bonchev–Trinajstić information content (AvgIpc) is 2.80. The van der Waals surface area contributed by atoms with E-state index < -0.39 is 72.4 Å². The Hall–Kier alpha value is -3.10. The lowest BCUT2D eigenvalue weighted by molar-refractivity contribution is -0.269. The first kappa shape index (κ1) is 31.1. The van der Waals surface area contributed by atoms with Crippen LogP contribution in [0.5, 0.6) is 0 Å². The summed E-state index contributed by atoms with van der Waals surface area (Å²) in [6.45, 7) is 4.28. The van der Waals surface area contributed by atoms with Crippen LogP contribution >= 0.6 is 23.2 Å². The Bertz CT molecular complexity index is 1130. The highest BCUT2D eigenvalue weighted by Gasteiger charge is 2.53. The number of hydrogen-bond acceptors (Lipinski definition) is 12. The third-order valence-electron chi connectivity index (χ3n) is 5.24. The molecular formula is C22H29Cl2N3O11. The first-order chi connectivity index (χ1) is 17.9. The van der Waals surface area contributed by atoms with Crippen LogP contribution in [0, 0.1) is 0 Å². The van der Waals surface area contributed by atoms with Crippen molar-refractivity contribution < 1.29 is 42.9 Å². The lowest BCUT2D eigenvalue weighted by Gasteiger charge is -2.44. The molecular weight excluding hydrogens is 553 g/mol. The number of H-pyrrole nitrogens is 1. The van der Waals surface area contributed by atoms with Gasteiger partial charge in [-0.2, -0.15) is 0 Å². The SMILES string of the molecule is CC(=O)OC[C@H]1O[C@@H](n2cc(N(CCCl)CCCl)c(=O)[nH]c2=O)[C@@H](OC(C)=O)[C@@H](OC(C)=O)[C@@H]1OC(C)=O. The second-order valence-electron chi connectivity index (χ2n) is 8.14. The van der Waals surface area contributed by atoms with Crippen molar-refractivity contribution in [2.24, 2.45) is 0 Å². The van der Waals surface area contributed by atoms with Gasteiger partial charge in [-0.3, -0.25) is 33.5 Å². The lowest BCUT2D eigenvalue weighted by atomic mass is 9.97. The molecule has 0 amide bonds. The highest BCUT2D eigenvalue weighted by molar-refractivity contribution is 6.18. The number of anilines is 1. The zero-order valence-corrected chi connectivity index (χ0v) is 22.7. The minimum absolute atomic E-state index is 0.00115. The van der Waals surface area contributed by atoms with Crippen molar-refractivity contribution in [3.8, 4) is 0 Å². The van der Waals surface area contributed by atoms with E-state index in [1.807, 2.05) is 0 Å². The van der Waals surface area contributed by atoms with E-state index in [9.17, 15) is 28.8 Å². The summed E-state index contributed by atoms with van der Waals surface area (Å²) < 4.78 is 28.0. The van der Waals surface area contributed by atoms with Gasteiger partial charge in [0.05, 0.1) is 0 Å². The summed E-state index contributed by atoms with van der Waals surface area (Å²) >= 11 is 11.7. The minimum atomic E-state index is -1.54. The maximum atomic E-state index is 13.0. The number of hydrogen-bond donors (Lipinski definition) is 1. The second kappa shape index (κ2) is 14.2. The number of carbonyl (C=O) groups is 4. The molecule has 0 aromatic carbocycles. The fourth-order valence-electron chi connectivity index (χ4n) is 3.88. The fourth-order valence-corrected chi connectivity index (χ4v) is 4.28.